The first kappa shape index (κ1) is 5.75. The number of aromatic nitrogens is 1. The third kappa shape index (κ3) is 0.887. The van der Waals surface area contributed by atoms with Crippen molar-refractivity contribution in [2.24, 2.45) is 0 Å². The predicted molar refractivity (Wildman–Crippen MR) is 32.0 cm³/mol. The molecule has 0 aliphatic rings. The highest BCUT2D eigenvalue weighted by Gasteiger charge is 1.93. The van der Waals surface area contributed by atoms with Gasteiger partial charge in [-0.05, 0) is 12.1 Å². The smallest absolute Gasteiger partial charge is 0.218 e. The maximum Gasteiger partial charge on any atom is 0.218 e. The molecule has 0 amide bonds. The summed E-state index contributed by atoms with van der Waals surface area (Å²) in [6.45, 7) is 0. The van der Waals surface area contributed by atoms with Gasteiger partial charge in [0.05, 0.1) is 5.69 Å². The quantitative estimate of drug-likeness (QED) is 0.532. The molecule has 0 aliphatic carbocycles. The van der Waals surface area contributed by atoms with E-state index in [0.717, 1.165) is 0 Å². The van der Waals surface area contributed by atoms with Gasteiger partial charge in [-0.25, -0.2) is 0 Å². The van der Waals surface area contributed by atoms with Gasteiger partial charge in [-0.1, -0.05) is 0 Å². The van der Waals surface area contributed by atoms with E-state index in [0.29, 0.717) is 18.4 Å². The monoisotopic (exact) mass is 123 g/mol. The lowest BCUT2D eigenvalue weighted by atomic mass is 10.5. The normalized spacial score (nSPS) is 8.89. The molecule has 0 saturated heterocycles. The molecule has 1 aromatic heterocycles. The SMILES string of the molecule is O=Cc1cccn1C=O. The molecule has 0 aliphatic heterocycles. The molecule has 0 aromatic carbocycles. The van der Waals surface area contributed by atoms with Crippen LogP contribution in [0.15, 0.2) is 18.3 Å². The fourth-order valence-electron chi connectivity index (χ4n) is 0.603. The molecule has 0 fully saturated rings. The van der Waals surface area contributed by atoms with Gasteiger partial charge in [0.25, 0.3) is 0 Å². The lowest BCUT2D eigenvalue weighted by Crippen LogP contribution is -1.96. The zero-order chi connectivity index (χ0) is 6.69. The van der Waals surface area contributed by atoms with Gasteiger partial charge in [-0.2, -0.15) is 0 Å². The molecule has 0 unspecified atom stereocenters. The second-order valence-corrected chi connectivity index (χ2v) is 1.56. The Morgan fingerprint density at radius 1 is 1.44 bits per heavy atom. The van der Waals surface area contributed by atoms with Crippen LogP contribution in [0.1, 0.15) is 10.5 Å². The molecule has 1 heterocycles. The topological polar surface area (TPSA) is 39.1 Å². The van der Waals surface area contributed by atoms with Crippen molar-refractivity contribution in [1.29, 1.82) is 0 Å². The molecule has 0 spiro atoms. The van der Waals surface area contributed by atoms with Gasteiger partial charge in [0.2, 0.25) is 6.41 Å². The Kier molecular flexibility index (Phi) is 1.44. The third-order valence-electron chi connectivity index (χ3n) is 1.05. The lowest BCUT2D eigenvalue weighted by Gasteiger charge is -1.87. The molecular weight excluding hydrogens is 118 g/mol. The van der Waals surface area contributed by atoms with Crippen molar-refractivity contribution in [3.05, 3.63) is 24.0 Å². The summed E-state index contributed by atoms with van der Waals surface area (Å²) in [5.41, 5.74) is 0.380. The molecule has 0 saturated carbocycles. The van der Waals surface area contributed by atoms with Gasteiger partial charge in [-0.3, -0.25) is 14.2 Å². The molecule has 0 atom stereocenters. The minimum Gasteiger partial charge on any atom is -0.296 e. The van der Waals surface area contributed by atoms with E-state index < -0.39 is 0 Å². The molecule has 0 bridgehead atoms. The van der Waals surface area contributed by atoms with Crippen molar-refractivity contribution in [2.75, 3.05) is 0 Å². The van der Waals surface area contributed by atoms with Crippen molar-refractivity contribution in [2.45, 2.75) is 0 Å². The molecule has 0 radical (unpaired) electrons. The van der Waals surface area contributed by atoms with E-state index in [1.807, 2.05) is 0 Å². The highest BCUT2D eigenvalue weighted by atomic mass is 16.1. The van der Waals surface area contributed by atoms with Crippen LogP contribution < -0.4 is 0 Å². The van der Waals surface area contributed by atoms with E-state index in [9.17, 15) is 9.59 Å². The lowest BCUT2D eigenvalue weighted by molar-refractivity contribution is 0.111. The first-order valence-electron chi connectivity index (χ1n) is 2.46. The van der Waals surface area contributed by atoms with Gasteiger partial charge in [-0.15, -0.1) is 0 Å². The standard InChI is InChI=1S/C6H5NO2/c8-4-6-2-1-3-7(6)5-9/h1-5H. The fraction of sp³-hybridized carbons (Fsp3) is 0. The van der Waals surface area contributed by atoms with Gasteiger partial charge < -0.3 is 0 Å². The number of carbonyl (C=O) groups excluding carboxylic acids is 2. The van der Waals surface area contributed by atoms with E-state index in [4.69, 9.17) is 0 Å². The maximum absolute atomic E-state index is 10.1. The summed E-state index contributed by atoms with van der Waals surface area (Å²) in [7, 11) is 0. The summed E-state index contributed by atoms with van der Waals surface area (Å²) >= 11 is 0. The van der Waals surface area contributed by atoms with Gasteiger partial charge >= 0.3 is 0 Å². The summed E-state index contributed by atoms with van der Waals surface area (Å²) in [6.07, 6.45) is 2.74. The van der Waals surface area contributed by atoms with Crippen molar-refractivity contribution in [1.82, 2.24) is 4.57 Å². The zero-order valence-corrected chi connectivity index (χ0v) is 4.65. The number of rotatable bonds is 2. The fourth-order valence-corrected chi connectivity index (χ4v) is 0.603. The van der Waals surface area contributed by atoms with E-state index in [2.05, 4.69) is 0 Å². The number of nitrogens with zero attached hydrogens (tertiary/aromatic N) is 1. The van der Waals surface area contributed by atoms with Crippen LogP contribution in [0.25, 0.3) is 0 Å². The van der Waals surface area contributed by atoms with E-state index in [-0.39, 0.29) is 0 Å². The Hall–Kier alpha value is -1.38. The van der Waals surface area contributed by atoms with Crippen molar-refractivity contribution < 1.29 is 9.59 Å². The van der Waals surface area contributed by atoms with Gasteiger partial charge in [0.15, 0.2) is 6.29 Å². The van der Waals surface area contributed by atoms with Crippen LogP contribution >= 0.6 is 0 Å². The minimum atomic E-state index is 0.380. The summed E-state index contributed by atoms with van der Waals surface area (Å²) in [5.74, 6) is 0. The second-order valence-electron chi connectivity index (χ2n) is 1.56. The molecule has 3 nitrogen and oxygen atoms in total. The molecule has 1 rings (SSSR count). The largest absolute Gasteiger partial charge is 0.296 e. The Morgan fingerprint density at radius 3 is 2.67 bits per heavy atom. The van der Waals surface area contributed by atoms with Crippen LogP contribution in [0, 0.1) is 0 Å². The molecule has 1 aromatic rings. The summed E-state index contributed by atoms with van der Waals surface area (Å²) < 4.78 is 1.22. The van der Waals surface area contributed by atoms with Gasteiger partial charge in [0.1, 0.15) is 0 Å². The first-order valence-corrected chi connectivity index (χ1v) is 2.46. The highest BCUT2D eigenvalue weighted by molar-refractivity contribution is 5.76. The first-order chi connectivity index (χ1) is 4.38. The minimum absolute atomic E-state index is 0.380. The van der Waals surface area contributed by atoms with Crippen molar-refractivity contribution >= 4 is 12.7 Å². The van der Waals surface area contributed by atoms with Crippen molar-refractivity contribution in [3.8, 4) is 0 Å². The molecule has 0 N–H and O–H groups in total. The Morgan fingerprint density at radius 2 is 2.22 bits per heavy atom. The van der Waals surface area contributed by atoms with Crippen LogP contribution in [0.2, 0.25) is 0 Å². The maximum atomic E-state index is 10.1. The van der Waals surface area contributed by atoms with E-state index in [1.165, 1.54) is 10.8 Å². The van der Waals surface area contributed by atoms with Crippen LogP contribution in [-0.4, -0.2) is 17.3 Å². The van der Waals surface area contributed by atoms with Gasteiger partial charge in [0, 0.05) is 6.20 Å². The van der Waals surface area contributed by atoms with Crippen LogP contribution in [-0.2, 0) is 4.79 Å². The van der Waals surface area contributed by atoms with Crippen molar-refractivity contribution in [3.63, 3.8) is 0 Å². The van der Waals surface area contributed by atoms with E-state index in [1.54, 1.807) is 12.1 Å². The average Bonchev–Trinajstić information content (AvgIpc) is 2.33. The molecule has 46 valence electrons. The van der Waals surface area contributed by atoms with Crippen LogP contribution in [0.3, 0.4) is 0 Å². The predicted octanol–water partition coefficient (Wildman–Crippen LogP) is 0.339. The summed E-state index contributed by atoms with van der Waals surface area (Å²) in [6, 6.07) is 3.21. The summed E-state index contributed by atoms with van der Waals surface area (Å²) in [4.78, 5) is 20.1. The second kappa shape index (κ2) is 2.26. The highest BCUT2D eigenvalue weighted by Crippen LogP contribution is 1.93. The number of hydrogen-bond donors (Lipinski definition) is 0. The Labute approximate surface area is 51.9 Å². The number of aldehydes is 1. The molecule has 3 heteroatoms. The molecule has 9 heavy (non-hydrogen) atoms. The zero-order valence-electron chi connectivity index (χ0n) is 4.65. The molecular formula is C6H5NO2. The van der Waals surface area contributed by atoms with E-state index >= 15 is 0 Å². The van der Waals surface area contributed by atoms with Crippen LogP contribution in [0.5, 0.6) is 0 Å². The van der Waals surface area contributed by atoms with Crippen LogP contribution in [0.4, 0.5) is 0 Å². The Bertz CT molecular complexity index is 204. The Balaban J connectivity index is 3.12. The summed E-state index contributed by atoms with van der Waals surface area (Å²) in [5, 5.41) is 0. The third-order valence-corrected chi connectivity index (χ3v) is 1.05. The number of carbonyl (C=O) groups is 2. The number of hydrogen-bond acceptors (Lipinski definition) is 2. The average molecular weight is 123 g/mol.